The predicted molar refractivity (Wildman–Crippen MR) is 99.4 cm³/mol. The molecule has 3 fully saturated rings. The number of rotatable bonds is 3. The fraction of sp³-hybridized carbons (Fsp3) is 0.500. The van der Waals surface area contributed by atoms with Crippen molar-refractivity contribution >= 4 is 23.6 Å². The molecule has 0 aliphatic carbocycles. The molecule has 0 radical (unpaired) electrons. The molecule has 4 atom stereocenters. The number of carbonyl (C=O) groups is 2. The van der Waals surface area contributed by atoms with Crippen LogP contribution in [-0.2, 0) is 20.9 Å². The lowest BCUT2D eigenvalue weighted by molar-refractivity contribution is -0.143. The third kappa shape index (κ3) is 2.70. The van der Waals surface area contributed by atoms with Gasteiger partial charge >= 0.3 is 0 Å². The Morgan fingerprint density at radius 1 is 1.26 bits per heavy atom. The van der Waals surface area contributed by atoms with Crippen molar-refractivity contribution in [2.24, 2.45) is 11.8 Å². The number of hydrogen-bond acceptors (Lipinski definition) is 4. The molecule has 4 aliphatic heterocycles. The summed E-state index contributed by atoms with van der Waals surface area (Å²) in [6.45, 7) is 2.33. The van der Waals surface area contributed by atoms with Crippen LogP contribution in [0.1, 0.15) is 5.56 Å². The highest BCUT2D eigenvalue weighted by atomic mass is 32.2. The number of hydrogen-bond donors (Lipinski definition) is 0. The van der Waals surface area contributed by atoms with E-state index in [0.29, 0.717) is 13.1 Å². The molecule has 0 saturated carbocycles. The van der Waals surface area contributed by atoms with Crippen molar-refractivity contribution in [2.45, 2.75) is 18.2 Å². The van der Waals surface area contributed by atoms with Crippen LogP contribution in [0, 0.1) is 17.7 Å². The van der Waals surface area contributed by atoms with Crippen LogP contribution in [0.25, 0.3) is 0 Å². The maximum absolute atomic E-state index is 13.2. The molecule has 0 unspecified atom stereocenters. The van der Waals surface area contributed by atoms with Gasteiger partial charge in [-0.2, -0.15) is 11.8 Å². The molecule has 27 heavy (non-hydrogen) atoms. The summed E-state index contributed by atoms with van der Waals surface area (Å²) >= 11 is 1.85. The van der Waals surface area contributed by atoms with Gasteiger partial charge in [0, 0.05) is 31.1 Å². The monoisotopic (exact) mass is 388 g/mol. The molecule has 4 aliphatic rings. The van der Waals surface area contributed by atoms with Gasteiger partial charge in [-0.05, 0) is 17.7 Å². The summed E-state index contributed by atoms with van der Waals surface area (Å²) in [5, 5.41) is 0. The Kier molecular flexibility index (Phi) is 4.05. The van der Waals surface area contributed by atoms with Crippen LogP contribution in [0.15, 0.2) is 36.4 Å². The number of amides is 2. The highest BCUT2D eigenvalue weighted by Gasteiger charge is 2.67. The van der Waals surface area contributed by atoms with Crippen LogP contribution in [-0.4, -0.2) is 64.5 Å². The molecule has 1 aromatic carbocycles. The summed E-state index contributed by atoms with van der Waals surface area (Å²) in [6.07, 6.45) is 3.63. The molecule has 1 aromatic rings. The minimum absolute atomic E-state index is 0.0316. The van der Waals surface area contributed by atoms with Gasteiger partial charge in [0.25, 0.3) is 0 Å². The lowest BCUT2D eigenvalue weighted by Crippen LogP contribution is -2.48. The number of halogens is 1. The van der Waals surface area contributed by atoms with E-state index in [-0.39, 0.29) is 23.7 Å². The molecule has 1 spiro atoms. The Labute approximate surface area is 161 Å². The van der Waals surface area contributed by atoms with Gasteiger partial charge in [-0.1, -0.05) is 24.3 Å². The van der Waals surface area contributed by atoms with Gasteiger partial charge in [0.15, 0.2) is 0 Å². The molecule has 0 N–H and O–H groups in total. The summed E-state index contributed by atoms with van der Waals surface area (Å²) in [6, 6.07) is 6.18. The third-order valence-electron chi connectivity index (χ3n) is 6.07. The smallest absolute Gasteiger partial charge is 0.230 e. The van der Waals surface area contributed by atoms with Crippen LogP contribution >= 0.6 is 11.8 Å². The summed E-state index contributed by atoms with van der Waals surface area (Å²) < 4.78 is 19.3. The van der Waals surface area contributed by atoms with Crippen molar-refractivity contribution < 1.29 is 18.7 Å². The van der Waals surface area contributed by atoms with Crippen LogP contribution in [0.3, 0.4) is 0 Å². The second-order valence-corrected chi connectivity index (χ2v) is 8.88. The van der Waals surface area contributed by atoms with Crippen molar-refractivity contribution in [3.63, 3.8) is 0 Å². The number of nitrogens with zero attached hydrogens (tertiary/aromatic N) is 2. The van der Waals surface area contributed by atoms with Crippen LogP contribution in [0.2, 0.25) is 0 Å². The number of likely N-dealkylation sites (tertiary alicyclic amines) is 1. The van der Waals surface area contributed by atoms with Crippen molar-refractivity contribution in [2.75, 3.05) is 31.1 Å². The Morgan fingerprint density at radius 2 is 2.00 bits per heavy atom. The maximum atomic E-state index is 13.2. The lowest BCUT2D eigenvalue weighted by Gasteiger charge is -2.32. The zero-order valence-corrected chi connectivity index (χ0v) is 15.7. The topological polar surface area (TPSA) is 49.9 Å². The molecule has 142 valence electrons. The van der Waals surface area contributed by atoms with Gasteiger partial charge in [-0.25, -0.2) is 4.39 Å². The zero-order valence-electron chi connectivity index (χ0n) is 14.8. The van der Waals surface area contributed by atoms with Crippen molar-refractivity contribution in [3.8, 4) is 0 Å². The van der Waals surface area contributed by atoms with Crippen LogP contribution in [0.4, 0.5) is 4.39 Å². The van der Waals surface area contributed by atoms with E-state index in [0.717, 1.165) is 30.2 Å². The first-order valence-electron chi connectivity index (χ1n) is 9.34. The molecule has 7 heteroatoms. The standard InChI is InChI=1S/C20H21FN2O3S/c21-14-3-1-13(2-4-14)11-23-12-20-6-5-15(26-20)16(17(20)19(23)25)18(24)22-7-9-27-10-8-22/h1-6,15-17H,7-12H2/t15-,16-,17+,20-/m0/s1. The largest absolute Gasteiger partial charge is 0.360 e. The average molecular weight is 388 g/mol. The zero-order chi connectivity index (χ0) is 18.6. The average Bonchev–Trinajstić information content (AvgIpc) is 3.32. The van der Waals surface area contributed by atoms with Crippen molar-refractivity contribution in [1.82, 2.24) is 9.80 Å². The van der Waals surface area contributed by atoms with E-state index in [1.54, 1.807) is 17.0 Å². The van der Waals surface area contributed by atoms with Gasteiger partial charge in [0.2, 0.25) is 11.8 Å². The van der Waals surface area contributed by atoms with Gasteiger partial charge in [0.05, 0.1) is 24.5 Å². The maximum Gasteiger partial charge on any atom is 0.230 e. The van der Waals surface area contributed by atoms with E-state index < -0.39 is 17.4 Å². The summed E-state index contributed by atoms with van der Waals surface area (Å²) in [7, 11) is 0. The molecule has 3 saturated heterocycles. The van der Waals surface area contributed by atoms with Crippen LogP contribution in [0.5, 0.6) is 0 Å². The Bertz CT molecular complexity index is 808. The Balaban J connectivity index is 1.38. The minimum Gasteiger partial charge on any atom is -0.360 e. The van der Waals surface area contributed by atoms with E-state index in [4.69, 9.17) is 4.74 Å². The highest BCUT2D eigenvalue weighted by Crippen LogP contribution is 2.52. The van der Waals surface area contributed by atoms with E-state index in [9.17, 15) is 14.0 Å². The Hall–Kier alpha value is -1.86. The minimum atomic E-state index is -0.688. The SMILES string of the molecule is O=C([C@H]1[C@@H]2C=C[C@@]3(CN(Cc4ccc(F)cc4)C(=O)[C@@H]13)O2)N1CCSCC1. The fourth-order valence-corrected chi connectivity index (χ4v) is 5.70. The quantitative estimate of drug-likeness (QED) is 0.740. The van der Waals surface area contributed by atoms with Crippen molar-refractivity contribution in [3.05, 3.63) is 47.8 Å². The summed E-state index contributed by atoms with van der Waals surface area (Å²) in [5.41, 5.74) is 0.183. The van der Waals surface area contributed by atoms with E-state index in [2.05, 4.69) is 0 Å². The van der Waals surface area contributed by atoms with Crippen molar-refractivity contribution in [1.29, 1.82) is 0 Å². The number of carbonyl (C=O) groups excluding carboxylic acids is 2. The number of thioether (sulfide) groups is 1. The molecule has 0 aromatic heterocycles. The van der Waals surface area contributed by atoms with Gasteiger partial charge in [-0.3, -0.25) is 9.59 Å². The normalized spacial score (nSPS) is 34.4. The summed E-state index contributed by atoms with van der Waals surface area (Å²) in [5.74, 6) is 0.737. The fourth-order valence-electron chi connectivity index (χ4n) is 4.80. The van der Waals surface area contributed by atoms with Gasteiger partial charge in [-0.15, -0.1) is 0 Å². The first kappa shape index (κ1) is 17.3. The molecule has 2 amide bonds. The lowest BCUT2D eigenvalue weighted by atomic mass is 9.76. The molecule has 4 heterocycles. The van der Waals surface area contributed by atoms with Gasteiger partial charge < -0.3 is 14.5 Å². The number of fused-ring (bicyclic) bond motifs is 1. The molecular weight excluding hydrogens is 367 g/mol. The first-order valence-corrected chi connectivity index (χ1v) is 10.5. The molecule has 5 rings (SSSR count). The number of benzene rings is 1. The highest BCUT2D eigenvalue weighted by molar-refractivity contribution is 7.99. The predicted octanol–water partition coefficient (Wildman–Crippen LogP) is 1.68. The van der Waals surface area contributed by atoms with E-state index >= 15 is 0 Å². The second-order valence-electron chi connectivity index (χ2n) is 7.66. The first-order chi connectivity index (χ1) is 13.1. The van der Waals surface area contributed by atoms with Gasteiger partial charge in [0.1, 0.15) is 11.4 Å². The third-order valence-corrected chi connectivity index (χ3v) is 7.02. The molecule has 5 nitrogen and oxygen atoms in total. The van der Waals surface area contributed by atoms with E-state index in [1.165, 1.54) is 12.1 Å². The Morgan fingerprint density at radius 3 is 2.74 bits per heavy atom. The summed E-state index contributed by atoms with van der Waals surface area (Å²) in [4.78, 5) is 30.0. The van der Waals surface area contributed by atoms with E-state index in [1.807, 2.05) is 28.8 Å². The number of ether oxygens (including phenoxy) is 1. The second kappa shape index (κ2) is 6.34. The van der Waals surface area contributed by atoms with Crippen LogP contribution < -0.4 is 0 Å². The molecular formula is C20H21FN2O3S. The molecule has 2 bridgehead atoms.